The van der Waals surface area contributed by atoms with Crippen LogP contribution in [0.4, 0.5) is 5.82 Å². The molecule has 0 aliphatic carbocycles. The summed E-state index contributed by atoms with van der Waals surface area (Å²) in [5, 5.41) is 4.00. The summed E-state index contributed by atoms with van der Waals surface area (Å²) in [7, 11) is 2.10. The average molecular weight is 298 g/mol. The lowest BCUT2D eigenvalue weighted by molar-refractivity contribution is 0.0685. The fourth-order valence-corrected chi connectivity index (χ4v) is 2.63. The molecule has 2 rings (SSSR count). The maximum absolute atomic E-state index is 6.19. The second-order valence-electron chi connectivity index (χ2n) is 5.31. The summed E-state index contributed by atoms with van der Waals surface area (Å²) < 4.78 is 5.41. The molecule has 0 spiro atoms. The van der Waals surface area contributed by atoms with Crippen molar-refractivity contribution in [2.45, 2.75) is 26.3 Å². The van der Waals surface area contributed by atoms with Crippen molar-refractivity contribution in [2.75, 3.05) is 38.3 Å². The Labute approximate surface area is 126 Å². The van der Waals surface area contributed by atoms with Gasteiger partial charge < -0.3 is 15.0 Å². The zero-order valence-electron chi connectivity index (χ0n) is 12.4. The molecule has 0 unspecified atom stereocenters. The molecule has 1 N–H and O–H groups in total. The molecule has 5 heteroatoms. The molecule has 0 radical (unpaired) electrons. The van der Waals surface area contributed by atoms with Gasteiger partial charge in [0.1, 0.15) is 5.82 Å². The van der Waals surface area contributed by atoms with E-state index in [0.717, 1.165) is 55.7 Å². The van der Waals surface area contributed by atoms with Crippen LogP contribution in [0.25, 0.3) is 0 Å². The van der Waals surface area contributed by atoms with Crippen LogP contribution in [0.2, 0.25) is 5.02 Å². The highest BCUT2D eigenvalue weighted by atomic mass is 35.5. The van der Waals surface area contributed by atoms with E-state index < -0.39 is 0 Å². The second kappa shape index (κ2) is 7.81. The van der Waals surface area contributed by atoms with Crippen LogP contribution in [0.5, 0.6) is 0 Å². The van der Waals surface area contributed by atoms with E-state index in [4.69, 9.17) is 16.3 Å². The zero-order valence-corrected chi connectivity index (χ0v) is 13.1. The van der Waals surface area contributed by atoms with Gasteiger partial charge in [0.15, 0.2) is 0 Å². The Morgan fingerprint density at radius 2 is 2.15 bits per heavy atom. The van der Waals surface area contributed by atoms with E-state index in [1.54, 1.807) is 0 Å². The average Bonchev–Trinajstić information content (AvgIpc) is 2.47. The van der Waals surface area contributed by atoms with E-state index in [9.17, 15) is 0 Å². The fourth-order valence-electron chi connectivity index (χ4n) is 2.46. The van der Waals surface area contributed by atoms with Gasteiger partial charge in [-0.2, -0.15) is 0 Å². The third kappa shape index (κ3) is 4.33. The summed E-state index contributed by atoms with van der Waals surface area (Å²) >= 11 is 6.19. The predicted octanol–water partition coefficient (Wildman–Crippen LogP) is 2.71. The van der Waals surface area contributed by atoms with Crippen LogP contribution in [-0.4, -0.2) is 38.3 Å². The summed E-state index contributed by atoms with van der Waals surface area (Å²) in [5.74, 6) is 1.69. The van der Waals surface area contributed by atoms with Gasteiger partial charge in [-0.3, -0.25) is 0 Å². The number of aromatic nitrogens is 1. The minimum absolute atomic E-state index is 0.698. The highest BCUT2D eigenvalue weighted by molar-refractivity contribution is 6.31. The number of rotatable bonds is 6. The number of hydrogen-bond acceptors (Lipinski definition) is 4. The summed E-state index contributed by atoms with van der Waals surface area (Å²) in [6.45, 7) is 6.51. The Balaban J connectivity index is 1.99. The largest absolute Gasteiger partial charge is 0.381 e. The van der Waals surface area contributed by atoms with E-state index in [-0.39, 0.29) is 0 Å². The van der Waals surface area contributed by atoms with E-state index in [0.29, 0.717) is 12.5 Å². The van der Waals surface area contributed by atoms with Crippen LogP contribution < -0.4 is 10.2 Å². The molecule has 1 fully saturated rings. The van der Waals surface area contributed by atoms with Crippen molar-refractivity contribution in [1.82, 2.24) is 10.3 Å². The number of halogens is 1. The van der Waals surface area contributed by atoms with E-state index in [1.165, 1.54) is 0 Å². The van der Waals surface area contributed by atoms with Crippen molar-refractivity contribution in [2.24, 2.45) is 5.92 Å². The monoisotopic (exact) mass is 297 g/mol. The maximum atomic E-state index is 6.19. The summed E-state index contributed by atoms with van der Waals surface area (Å²) in [6, 6.07) is 3.94. The minimum atomic E-state index is 0.698. The van der Waals surface area contributed by atoms with Crippen LogP contribution in [0, 0.1) is 5.92 Å². The highest BCUT2D eigenvalue weighted by Crippen LogP contribution is 2.21. The van der Waals surface area contributed by atoms with Crippen LogP contribution in [0.15, 0.2) is 12.1 Å². The number of pyridine rings is 1. The molecule has 0 atom stereocenters. The minimum Gasteiger partial charge on any atom is -0.381 e. The van der Waals surface area contributed by atoms with Gasteiger partial charge in [0.2, 0.25) is 0 Å². The van der Waals surface area contributed by atoms with Gasteiger partial charge in [0.25, 0.3) is 0 Å². The van der Waals surface area contributed by atoms with Crippen LogP contribution in [0.3, 0.4) is 0 Å². The van der Waals surface area contributed by atoms with Gasteiger partial charge in [0, 0.05) is 33.4 Å². The van der Waals surface area contributed by atoms with Crippen molar-refractivity contribution in [3.05, 3.63) is 22.8 Å². The molecule has 0 bridgehead atoms. The maximum Gasteiger partial charge on any atom is 0.128 e. The molecule has 4 nitrogen and oxygen atoms in total. The lowest BCUT2D eigenvalue weighted by Crippen LogP contribution is -2.30. The Hall–Kier alpha value is -0.840. The first kappa shape index (κ1) is 15.5. The SMILES string of the molecule is CCNCc1nc(N(C)CC2CCOCC2)ccc1Cl. The molecule has 1 aromatic heterocycles. The van der Waals surface area contributed by atoms with Crippen molar-refractivity contribution < 1.29 is 4.74 Å². The number of ether oxygens (including phenoxy) is 1. The van der Waals surface area contributed by atoms with E-state index in [1.807, 2.05) is 12.1 Å². The molecule has 1 aliphatic heterocycles. The highest BCUT2D eigenvalue weighted by Gasteiger charge is 2.17. The van der Waals surface area contributed by atoms with Gasteiger partial charge in [-0.05, 0) is 37.4 Å². The molecule has 0 amide bonds. The quantitative estimate of drug-likeness (QED) is 0.876. The van der Waals surface area contributed by atoms with Crippen molar-refractivity contribution in [1.29, 1.82) is 0 Å². The van der Waals surface area contributed by atoms with Gasteiger partial charge in [-0.15, -0.1) is 0 Å². The first-order valence-corrected chi connectivity index (χ1v) is 7.73. The first-order chi connectivity index (χ1) is 9.70. The molecule has 0 aromatic carbocycles. The van der Waals surface area contributed by atoms with Crippen LogP contribution in [0.1, 0.15) is 25.5 Å². The predicted molar refractivity (Wildman–Crippen MR) is 83.4 cm³/mol. The fraction of sp³-hybridized carbons (Fsp3) is 0.667. The lowest BCUT2D eigenvalue weighted by Gasteiger charge is -2.28. The van der Waals surface area contributed by atoms with Crippen molar-refractivity contribution >= 4 is 17.4 Å². The Bertz CT molecular complexity index is 422. The summed E-state index contributed by atoms with van der Waals surface area (Å²) in [4.78, 5) is 6.90. The molecular formula is C15H24ClN3O. The Kier molecular flexibility index (Phi) is 6.07. The first-order valence-electron chi connectivity index (χ1n) is 7.35. The normalized spacial score (nSPS) is 16.4. The molecule has 112 valence electrons. The van der Waals surface area contributed by atoms with Gasteiger partial charge in [-0.1, -0.05) is 18.5 Å². The van der Waals surface area contributed by atoms with Gasteiger partial charge >= 0.3 is 0 Å². The number of hydrogen-bond donors (Lipinski definition) is 1. The standard InChI is InChI=1S/C15H24ClN3O/c1-3-17-10-14-13(16)4-5-15(18-14)19(2)11-12-6-8-20-9-7-12/h4-5,12,17H,3,6-11H2,1-2H3. The number of nitrogens with zero attached hydrogens (tertiary/aromatic N) is 2. The van der Waals surface area contributed by atoms with Crippen molar-refractivity contribution in [3.63, 3.8) is 0 Å². The summed E-state index contributed by atoms with van der Waals surface area (Å²) in [6.07, 6.45) is 2.28. The molecule has 0 saturated carbocycles. The molecular weight excluding hydrogens is 274 g/mol. The summed E-state index contributed by atoms with van der Waals surface area (Å²) in [5.41, 5.74) is 0.921. The zero-order chi connectivity index (χ0) is 14.4. The van der Waals surface area contributed by atoms with Crippen LogP contribution in [-0.2, 0) is 11.3 Å². The van der Waals surface area contributed by atoms with Crippen molar-refractivity contribution in [3.8, 4) is 0 Å². The van der Waals surface area contributed by atoms with Crippen LogP contribution >= 0.6 is 11.6 Å². The second-order valence-corrected chi connectivity index (χ2v) is 5.72. The topological polar surface area (TPSA) is 37.4 Å². The lowest BCUT2D eigenvalue weighted by atomic mass is 10.00. The van der Waals surface area contributed by atoms with E-state index >= 15 is 0 Å². The van der Waals surface area contributed by atoms with E-state index in [2.05, 4.69) is 29.2 Å². The number of anilines is 1. The smallest absolute Gasteiger partial charge is 0.128 e. The molecule has 1 saturated heterocycles. The molecule has 2 heterocycles. The third-order valence-corrected chi connectivity index (χ3v) is 4.05. The van der Waals surface area contributed by atoms with Gasteiger partial charge in [0.05, 0.1) is 10.7 Å². The Morgan fingerprint density at radius 1 is 1.40 bits per heavy atom. The van der Waals surface area contributed by atoms with Gasteiger partial charge in [-0.25, -0.2) is 4.98 Å². The molecule has 1 aliphatic rings. The molecule has 20 heavy (non-hydrogen) atoms. The number of nitrogens with one attached hydrogen (secondary N) is 1. The molecule has 1 aromatic rings. The third-order valence-electron chi connectivity index (χ3n) is 3.71. The Morgan fingerprint density at radius 3 is 2.85 bits per heavy atom.